The molecule has 1 amide bonds. The van der Waals surface area contributed by atoms with Crippen molar-refractivity contribution in [1.29, 1.82) is 0 Å². The fraction of sp³-hybridized carbons (Fsp3) is 0.917. The van der Waals surface area contributed by atoms with Crippen LogP contribution in [-0.2, 0) is 4.79 Å². The third kappa shape index (κ3) is 47.8. The molecule has 0 bridgehead atoms. The molecule has 5 N–H and O–H groups in total. The lowest BCUT2D eigenvalue weighted by atomic mass is 10.00. The predicted octanol–water partition coefficient (Wildman–Crippen LogP) is 17.4. The largest absolute Gasteiger partial charge is 0.394 e. The summed E-state index contributed by atoms with van der Waals surface area (Å²) in [5.41, 5.74) is 0. The molecule has 0 rings (SSSR count). The van der Waals surface area contributed by atoms with E-state index >= 15 is 0 Å². The topological polar surface area (TPSA) is 110 Å². The van der Waals surface area contributed by atoms with Crippen LogP contribution in [0.1, 0.15) is 322 Å². The zero-order valence-corrected chi connectivity index (χ0v) is 44.5. The van der Waals surface area contributed by atoms with Crippen LogP contribution in [0.2, 0.25) is 0 Å². The highest BCUT2D eigenvalue weighted by molar-refractivity contribution is 5.80. The fourth-order valence-corrected chi connectivity index (χ4v) is 9.48. The molecule has 0 saturated heterocycles. The Hall–Kier alpha value is -1.21. The van der Waals surface area contributed by atoms with E-state index in [0.29, 0.717) is 19.3 Å². The maximum atomic E-state index is 12.6. The van der Waals surface area contributed by atoms with Gasteiger partial charge in [0.05, 0.1) is 18.8 Å². The van der Waals surface area contributed by atoms with Crippen molar-refractivity contribution in [3.63, 3.8) is 0 Å². The number of unbranched alkanes of at least 4 members (excludes halogenated alkanes) is 42. The summed E-state index contributed by atoms with van der Waals surface area (Å²) in [6, 6.07) is -1.01. The molecule has 0 aliphatic heterocycles. The van der Waals surface area contributed by atoms with Gasteiger partial charge in [0.25, 0.3) is 0 Å². The van der Waals surface area contributed by atoms with Crippen molar-refractivity contribution in [3.05, 3.63) is 24.3 Å². The minimum absolute atomic E-state index is 0.365. The third-order valence-electron chi connectivity index (χ3n) is 14.1. The number of carbonyl (C=O) groups excluding carboxylic acids is 1. The van der Waals surface area contributed by atoms with Crippen LogP contribution in [0.4, 0.5) is 0 Å². The van der Waals surface area contributed by atoms with Gasteiger partial charge >= 0.3 is 0 Å². The lowest BCUT2D eigenvalue weighted by Crippen LogP contribution is -2.53. The van der Waals surface area contributed by atoms with Crippen LogP contribution >= 0.6 is 0 Å². The standard InChI is InChI=1S/C60H117NO5/c1-3-5-7-9-11-13-15-17-19-21-23-25-27-29-30-32-34-36-38-40-42-44-46-48-50-52-54-58(64)60(66)61-56(55-62)59(65)57(63)53-51-49-47-45-43-41-39-37-35-33-31-28-26-24-22-20-18-16-14-12-10-8-6-4-2/h37,39,45,47,56-59,62-65H,3-36,38,40-44,46,48-55H2,1-2H3,(H,61,66)/b39-37+,47-45+. The smallest absolute Gasteiger partial charge is 0.249 e. The minimum Gasteiger partial charge on any atom is -0.394 e. The first kappa shape index (κ1) is 64.8. The van der Waals surface area contributed by atoms with Crippen molar-refractivity contribution in [2.45, 2.75) is 346 Å². The van der Waals surface area contributed by atoms with E-state index in [2.05, 4.69) is 43.5 Å². The SMILES string of the molecule is CCCCCCCCCCCCCCCCC/C=C/CC/C=C/CCCC(O)C(O)C(CO)NC(=O)C(O)CCCCCCCCCCCCCCCCCCCCCCCCCCCC. The van der Waals surface area contributed by atoms with Gasteiger partial charge in [0, 0.05) is 0 Å². The monoisotopic (exact) mass is 932 g/mol. The highest BCUT2D eigenvalue weighted by atomic mass is 16.3. The Bertz CT molecular complexity index is 1000. The Labute approximate surface area is 412 Å². The second-order valence-electron chi connectivity index (χ2n) is 20.7. The minimum atomic E-state index is -1.29. The van der Waals surface area contributed by atoms with Gasteiger partial charge in [-0.05, 0) is 51.4 Å². The maximum Gasteiger partial charge on any atom is 0.249 e. The molecule has 0 aromatic carbocycles. The maximum absolute atomic E-state index is 12.6. The molecule has 0 aromatic heterocycles. The molecule has 0 heterocycles. The van der Waals surface area contributed by atoms with Gasteiger partial charge in [0.15, 0.2) is 0 Å². The van der Waals surface area contributed by atoms with Crippen LogP contribution in [0.3, 0.4) is 0 Å². The van der Waals surface area contributed by atoms with Crippen molar-refractivity contribution < 1.29 is 25.2 Å². The number of aliphatic hydroxyl groups excluding tert-OH is 4. The highest BCUT2D eigenvalue weighted by Crippen LogP contribution is 2.18. The van der Waals surface area contributed by atoms with Gasteiger partial charge in [-0.2, -0.15) is 0 Å². The predicted molar refractivity (Wildman–Crippen MR) is 288 cm³/mol. The average Bonchev–Trinajstić information content (AvgIpc) is 3.32. The van der Waals surface area contributed by atoms with Gasteiger partial charge < -0.3 is 25.7 Å². The summed E-state index contributed by atoms with van der Waals surface area (Å²) in [6.45, 7) is 4.08. The normalized spacial score (nSPS) is 13.8. The number of rotatable bonds is 55. The highest BCUT2D eigenvalue weighted by Gasteiger charge is 2.28. The molecule has 4 atom stereocenters. The zero-order chi connectivity index (χ0) is 48.1. The first-order valence-corrected chi connectivity index (χ1v) is 29.7. The summed E-state index contributed by atoms with van der Waals surface area (Å²) in [6.07, 6.45) is 66.9. The van der Waals surface area contributed by atoms with Crippen molar-refractivity contribution in [1.82, 2.24) is 5.32 Å². The molecule has 4 unspecified atom stereocenters. The fourth-order valence-electron chi connectivity index (χ4n) is 9.48. The number of amides is 1. The van der Waals surface area contributed by atoms with E-state index in [1.807, 2.05) is 0 Å². The van der Waals surface area contributed by atoms with E-state index in [9.17, 15) is 25.2 Å². The Balaban J connectivity index is 3.64. The Morgan fingerprint density at radius 2 is 0.636 bits per heavy atom. The van der Waals surface area contributed by atoms with E-state index in [1.165, 1.54) is 250 Å². The molecule has 66 heavy (non-hydrogen) atoms. The summed E-state index contributed by atoms with van der Waals surface area (Å²) < 4.78 is 0. The summed E-state index contributed by atoms with van der Waals surface area (Å²) >= 11 is 0. The molecule has 0 fully saturated rings. The first-order valence-electron chi connectivity index (χ1n) is 29.7. The molecule has 6 heteroatoms. The summed E-state index contributed by atoms with van der Waals surface area (Å²) in [7, 11) is 0. The van der Waals surface area contributed by atoms with E-state index in [0.717, 1.165) is 38.5 Å². The number of allylic oxidation sites excluding steroid dienone is 4. The zero-order valence-electron chi connectivity index (χ0n) is 44.5. The van der Waals surface area contributed by atoms with Crippen molar-refractivity contribution in [3.8, 4) is 0 Å². The van der Waals surface area contributed by atoms with Crippen LogP contribution in [0.15, 0.2) is 24.3 Å². The molecular formula is C60H117NO5. The molecule has 0 aromatic rings. The van der Waals surface area contributed by atoms with Crippen molar-refractivity contribution in [2.75, 3.05) is 6.61 Å². The second-order valence-corrected chi connectivity index (χ2v) is 20.7. The third-order valence-corrected chi connectivity index (χ3v) is 14.1. The molecule has 0 spiro atoms. The molecule has 6 nitrogen and oxygen atoms in total. The summed E-state index contributed by atoms with van der Waals surface area (Å²) in [5.74, 6) is -0.591. The van der Waals surface area contributed by atoms with Crippen LogP contribution in [0.5, 0.6) is 0 Å². The molecular weight excluding hydrogens is 815 g/mol. The first-order chi connectivity index (χ1) is 32.5. The number of nitrogens with one attached hydrogen (secondary N) is 1. The molecule has 0 aliphatic rings. The van der Waals surface area contributed by atoms with E-state index in [-0.39, 0.29) is 0 Å². The van der Waals surface area contributed by atoms with Crippen molar-refractivity contribution >= 4 is 5.91 Å². The average molecular weight is 933 g/mol. The van der Waals surface area contributed by atoms with E-state index in [1.54, 1.807) is 0 Å². The van der Waals surface area contributed by atoms with Gasteiger partial charge in [-0.15, -0.1) is 0 Å². The van der Waals surface area contributed by atoms with Gasteiger partial charge in [0.2, 0.25) is 5.91 Å². The van der Waals surface area contributed by atoms with Gasteiger partial charge in [0.1, 0.15) is 12.2 Å². The number of hydrogen-bond acceptors (Lipinski definition) is 5. The Morgan fingerprint density at radius 3 is 0.955 bits per heavy atom. The Kier molecular flexibility index (Phi) is 53.7. The van der Waals surface area contributed by atoms with Crippen LogP contribution in [-0.4, -0.2) is 57.3 Å². The second kappa shape index (κ2) is 54.7. The Morgan fingerprint density at radius 1 is 0.364 bits per heavy atom. The van der Waals surface area contributed by atoms with E-state index < -0.39 is 36.9 Å². The molecule has 0 saturated carbocycles. The van der Waals surface area contributed by atoms with Crippen LogP contribution in [0, 0.1) is 0 Å². The van der Waals surface area contributed by atoms with Gasteiger partial charge in [-0.1, -0.05) is 295 Å². The molecule has 392 valence electrons. The number of carbonyl (C=O) groups is 1. The lowest BCUT2D eigenvalue weighted by Gasteiger charge is -2.27. The van der Waals surface area contributed by atoms with Gasteiger partial charge in [-0.3, -0.25) is 4.79 Å². The molecule has 0 radical (unpaired) electrons. The van der Waals surface area contributed by atoms with Crippen LogP contribution in [0.25, 0.3) is 0 Å². The summed E-state index contributed by atoms with van der Waals surface area (Å²) in [5, 5.41) is 44.0. The number of aliphatic hydroxyl groups is 4. The molecule has 0 aliphatic carbocycles. The summed E-state index contributed by atoms with van der Waals surface area (Å²) in [4.78, 5) is 12.6. The number of hydrogen-bond donors (Lipinski definition) is 5. The van der Waals surface area contributed by atoms with Crippen molar-refractivity contribution in [2.24, 2.45) is 0 Å². The van der Waals surface area contributed by atoms with E-state index in [4.69, 9.17) is 0 Å². The van der Waals surface area contributed by atoms with Gasteiger partial charge in [-0.25, -0.2) is 0 Å². The lowest BCUT2D eigenvalue weighted by molar-refractivity contribution is -0.132. The quantitative estimate of drug-likeness (QED) is 0.0308. The van der Waals surface area contributed by atoms with Crippen LogP contribution < -0.4 is 5.32 Å².